The van der Waals surface area contributed by atoms with Gasteiger partial charge in [0.2, 0.25) is 0 Å². The monoisotopic (exact) mass is 165 g/mol. The molecule has 0 aromatic carbocycles. The fourth-order valence-corrected chi connectivity index (χ4v) is 1.90. The maximum Gasteiger partial charge on any atom is 0.258 e. The predicted molar refractivity (Wildman–Crippen MR) is 45.9 cm³/mol. The van der Waals surface area contributed by atoms with E-state index >= 15 is 0 Å². The van der Waals surface area contributed by atoms with E-state index in [2.05, 4.69) is 4.72 Å². The molecule has 0 bridgehead atoms. The van der Waals surface area contributed by atoms with Gasteiger partial charge in [-0.1, -0.05) is 30.4 Å². The van der Waals surface area contributed by atoms with Gasteiger partial charge in [0.1, 0.15) is 0 Å². The summed E-state index contributed by atoms with van der Waals surface area (Å²) in [6, 6.07) is 0. The Hall–Kier alpha value is -0.960. The summed E-state index contributed by atoms with van der Waals surface area (Å²) >= 11 is 1.45. The van der Waals surface area contributed by atoms with Crippen molar-refractivity contribution in [3.05, 3.63) is 36.0 Å². The minimum absolute atomic E-state index is 0.0381. The molecule has 3 heteroatoms. The van der Waals surface area contributed by atoms with Gasteiger partial charge < -0.3 is 0 Å². The van der Waals surface area contributed by atoms with E-state index in [4.69, 9.17) is 0 Å². The van der Waals surface area contributed by atoms with E-state index in [1.54, 1.807) is 0 Å². The summed E-state index contributed by atoms with van der Waals surface area (Å²) in [6.07, 6.45) is 9.65. The fourth-order valence-electron chi connectivity index (χ4n) is 1.07. The summed E-state index contributed by atoms with van der Waals surface area (Å²) < 4.78 is 2.71. The zero-order valence-electron chi connectivity index (χ0n) is 5.78. The van der Waals surface area contributed by atoms with Crippen molar-refractivity contribution in [1.82, 2.24) is 4.72 Å². The average Bonchev–Trinajstić information content (AvgIpc) is 2.25. The smallest absolute Gasteiger partial charge is 0.258 e. The lowest BCUT2D eigenvalue weighted by molar-refractivity contribution is -0.115. The molecule has 11 heavy (non-hydrogen) atoms. The zero-order chi connectivity index (χ0) is 7.68. The number of hydrogen-bond donors (Lipinski definition) is 1. The Morgan fingerprint density at radius 2 is 2.27 bits per heavy atom. The first-order valence-corrected chi connectivity index (χ1v) is 4.27. The van der Waals surface area contributed by atoms with Crippen LogP contribution < -0.4 is 4.72 Å². The normalized spacial score (nSPS) is 27.5. The van der Waals surface area contributed by atoms with Crippen molar-refractivity contribution in [3.63, 3.8) is 0 Å². The molecule has 1 fully saturated rings. The number of amides is 1. The Bertz CT molecular complexity index is 278. The van der Waals surface area contributed by atoms with Crippen LogP contribution in [0.4, 0.5) is 0 Å². The van der Waals surface area contributed by atoms with Gasteiger partial charge in [-0.15, -0.1) is 0 Å². The summed E-state index contributed by atoms with van der Waals surface area (Å²) in [5, 5.41) is 0.206. The van der Waals surface area contributed by atoms with Crippen molar-refractivity contribution in [2.75, 3.05) is 0 Å². The quantitative estimate of drug-likeness (QED) is 0.546. The van der Waals surface area contributed by atoms with E-state index in [1.807, 2.05) is 30.4 Å². The Labute approximate surface area is 69.2 Å². The maximum atomic E-state index is 11.1. The van der Waals surface area contributed by atoms with Gasteiger partial charge in [0.05, 0.1) is 5.25 Å². The number of carbonyl (C=O) groups excluding carboxylic acids is 1. The van der Waals surface area contributed by atoms with Crippen molar-refractivity contribution in [1.29, 1.82) is 0 Å². The molecule has 0 saturated carbocycles. The number of hydrogen-bond acceptors (Lipinski definition) is 2. The summed E-state index contributed by atoms with van der Waals surface area (Å²) in [5.41, 5.74) is 0.847. The molecular formula is C8H7NOS. The molecule has 1 amide bonds. The molecule has 2 rings (SSSR count). The standard InChI is InChI=1S/C8H7NOS/c10-8-6-4-2-1-3-5-7(6)11-9-8/h1-5,7H,(H,9,10). The fraction of sp³-hybridized carbons (Fsp3) is 0.125. The van der Waals surface area contributed by atoms with Gasteiger partial charge >= 0.3 is 0 Å². The van der Waals surface area contributed by atoms with E-state index in [1.165, 1.54) is 11.9 Å². The van der Waals surface area contributed by atoms with E-state index in [9.17, 15) is 4.79 Å². The number of nitrogens with one attached hydrogen (secondary N) is 1. The average molecular weight is 165 g/mol. The number of allylic oxidation sites excluding steroid dienone is 4. The molecule has 0 aromatic rings. The topological polar surface area (TPSA) is 29.1 Å². The first-order chi connectivity index (χ1) is 5.38. The lowest BCUT2D eigenvalue weighted by Crippen LogP contribution is -2.09. The number of fused-ring (bicyclic) bond motifs is 1. The molecule has 1 N–H and O–H groups in total. The number of rotatable bonds is 0. The van der Waals surface area contributed by atoms with Gasteiger partial charge in [-0.05, 0) is 11.9 Å². The zero-order valence-corrected chi connectivity index (χ0v) is 6.60. The third kappa shape index (κ3) is 1.12. The summed E-state index contributed by atoms with van der Waals surface area (Å²) in [7, 11) is 0. The maximum absolute atomic E-state index is 11.1. The molecule has 1 unspecified atom stereocenters. The first-order valence-electron chi connectivity index (χ1n) is 3.39. The van der Waals surface area contributed by atoms with Crippen LogP contribution >= 0.6 is 11.9 Å². The third-order valence-corrected chi connectivity index (χ3v) is 2.60. The highest BCUT2D eigenvalue weighted by Crippen LogP contribution is 2.26. The van der Waals surface area contributed by atoms with Gasteiger partial charge in [-0.2, -0.15) is 0 Å². The van der Waals surface area contributed by atoms with Crippen LogP contribution in [0.3, 0.4) is 0 Å². The van der Waals surface area contributed by atoms with Crippen LogP contribution in [0.2, 0.25) is 0 Å². The molecule has 0 spiro atoms. The molecule has 1 atom stereocenters. The highest BCUT2D eigenvalue weighted by molar-refractivity contribution is 7.99. The second-order valence-corrected chi connectivity index (χ2v) is 3.31. The van der Waals surface area contributed by atoms with Crippen LogP contribution in [0.1, 0.15) is 0 Å². The largest absolute Gasteiger partial charge is 0.295 e. The molecule has 1 aliphatic carbocycles. The second kappa shape index (κ2) is 2.58. The lowest BCUT2D eigenvalue weighted by Gasteiger charge is -1.96. The molecule has 1 heterocycles. The molecule has 0 radical (unpaired) electrons. The summed E-state index contributed by atoms with van der Waals surface area (Å²) in [4.78, 5) is 11.1. The molecule has 1 aliphatic heterocycles. The minimum atomic E-state index is 0.0381. The summed E-state index contributed by atoms with van der Waals surface area (Å²) in [5.74, 6) is 0.0381. The van der Waals surface area contributed by atoms with Gasteiger partial charge in [0.25, 0.3) is 5.91 Å². The molecular weight excluding hydrogens is 158 g/mol. The highest BCUT2D eigenvalue weighted by atomic mass is 32.2. The van der Waals surface area contributed by atoms with Gasteiger partial charge in [0, 0.05) is 5.57 Å². The van der Waals surface area contributed by atoms with Crippen LogP contribution in [0, 0.1) is 0 Å². The SMILES string of the molecule is O=C1NSC2C=CC=CC=C12. The van der Waals surface area contributed by atoms with E-state index in [-0.39, 0.29) is 11.2 Å². The lowest BCUT2D eigenvalue weighted by atomic mass is 10.1. The van der Waals surface area contributed by atoms with Crippen LogP contribution in [0.5, 0.6) is 0 Å². The molecule has 2 aliphatic rings. The van der Waals surface area contributed by atoms with Crippen LogP contribution in [0.15, 0.2) is 36.0 Å². The van der Waals surface area contributed by atoms with Crippen LogP contribution in [-0.2, 0) is 4.79 Å². The van der Waals surface area contributed by atoms with E-state index < -0.39 is 0 Å². The molecule has 1 saturated heterocycles. The molecule has 0 aromatic heterocycles. The molecule has 56 valence electrons. The van der Waals surface area contributed by atoms with E-state index in [0.29, 0.717) is 0 Å². The van der Waals surface area contributed by atoms with Crippen LogP contribution in [-0.4, -0.2) is 11.2 Å². The Morgan fingerprint density at radius 3 is 3.18 bits per heavy atom. The van der Waals surface area contributed by atoms with Crippen molar-refractivity contribution in [2.24, 2.45) is 0 Å². The Kier molecular flexibility index (Phi) is 1.58. The van der Waals surface area contributed by atoms with Crippen molar-refractivity contribution >= 4 is 17.9 Å². The van der Waals surface area contributed by atoms with Crippen LogP contribution in [0.25, 0.3) is 0 Å². The van der Waals surface area contributed by atoms with Crippen molar-refractivity contribution < 1.29 is 4.79 Å². The predicted octanol–water partition coefficient (Wildman–Crippen LogP) is 1.19. The van der Waals surface area contributed by atoms with E-state index in [0.717, 1.165) is 5.57 Å². The number of carbonyl (C=O) groups is 1. The van der Waals surface area contributed by atoms with Crippen molar-refractivity contribution in [2.45, 2.75) is 5.25 Å². The Morgan fingerprint density at radius 1 is 1.36 bits per heavy atom. The molecule has 2 nitrogen and oxygen atoms in total. The Balaban J connectivity index is 2.38. The summed E-state index contributed by atoms with van der Waals surface area (Å²) in [6.45, 7) is 0. The van der Waals surface area contributed by atoms with Gasteiger partial charge in [-0.25, -0.2) is 0 Å². The second-order valence-electron chi connectivity index (χ2n) is 2.36. The third-order valence-electron chi connectivity index (χ3n) is 1.63. The van der Waals surface area contributed by atoms with Gasteiger partial charge in [-0.3, -0.25) is 9.52 Å². The van der Waals surface area contributed by atoms with Crippen molar-refractivity contribution in [3.8, 4) is 0 Å². The first kappa shape index (κ1) is 6.73. The highest BCUT2D eigenvalue weighted by Gasteiger charge is 2.26. The minimum Gasteiger partial charge on any atom is -0.295 e. The van der Waals surface area contributed by atoms with Gasteiger partial charge in [0.15, 0.2) is 0 Å².